The lowest BCUT2D eigenvalue weighted by Crippen LogP contribution is -2.73. The molecule has 3 rings (SSSR count). The Bertz CT molecular complexity index is 520. The Kier molecular flexibility index (Phi) is 3.99. The second-order valence-corrected chi connectivity index (χ2v) is 7.17. The zero-order valence-electron chi connectivity index (χ0n) is 12.4. The first kappa shape index (κ1) is 14.9. The van der Waals surface area contributed by atoms with Gasteiger partial charge >= 0.3 is 0 Å². The van der Waals surface area contributed by atoms with Crippen molar-refractivity contribution in [1.82, 2.24) is 4.90 Å². The molecule has 0 bridgehead atoms. The van der Waals surface area contributed by atoms with Crippen LogP contribution in [-0.2, 0) is 9.53 Å². The molecule has 114 valence electrons. The van der Waals surface area contributed by atoms with E-state index >= 15 is 0 Å². The number of aliphatic hydroxyl groups is 1. The first-order chi connectivity index (χ1) is 10.0. The van der Waals surface area contributed by atoms with Gasteiger partial charge in [-0.1, -0.05) is 18.2 Å². The van der Waals surface area contributed by atoms with Crippen molar-refractivity contribution in [3.05, 3.63) is 30.3 Å². The fraction of sp³-hybridized carbons (Fsp3) is 0.562. The fourth-order valence-corrected chi connectivity index (χ4v) is 4.18. The summed E-state index contributed by atoms with van der Waals surface area (Å²) in [6.45, 7) is 4.48. The SMILES string of the molecule is CC1(C)OCC[C@@H]2[C@H]([C@@H](O)CSc3ccccc3)C(=O)N21. The lowest BCUT2D eigenvalue weighted by Gasteiger charge is -2.58. The maximum absolute atomic E-state index is 12.3. The number of fused-ring (bicyclic) bond motifs is 1. The Morgan fingerprint density at radius 2 is 2.14 bits per heavy atom. The third kappa shape index (κ3) is 2.70. The lowest BCUT2D eigenvalue weighted by molar-refractivity contribution is -0.240. The van der Waals surface area contributed by atoms with Crippen LogP contribution in [0.3, 0.4) is 0 Å². The molecule has 2 heterocycles. The summed E-state index contributed by atoms with van der Waals surface area (Å²) in [7, 11) is 0. The molecule has 5 heteroatoms. The van der Waals surface area contributed by atoms with E-state index in [2.05, 4.69) is 0 Å². The van der Waals surface area contributed by atoms with E-state index in [-0.39, 0.29) is 17.9 Å². The van der Waals surface area contributed by atoms with Gasteiger partial charge in [0.2, 0.25) is 5.91 Å². The van der Waals surface area contributed by atoms with Crippen molar-refractivity contribution in [2.75, 3.05) is 12.4 Å². The molecular weight excluding hydrogens is 286 g/mol. The summed E-state index contributed by atoms with van der Waals surface area (Å²) in [6.07, 6.45) is 0.213. The van der Waals surface area contributed by atoms with Crippen molar-refractivity contribution in [1.29, 1.82) is 0 Å². The number of thioether (sulfide) groups is 1. The van der Waals surface area contributed by atoms with Gasteiger partial charge in [0, 0.05) is 10.6 Å². The van der Waals surface area contributed by atoms with Crippen LogP contribution in [0.4, 0.5) is 0 Å². The molecule has 2 aliphatic heterocycles. The maximum Gasteiger partial charge on any atom is 0.232 e. The van der Waals surface area contributed by atoms with E-state index in [4.69, 9.17) is 4.74 Å². The summed E-state index contributed by atoms with van der Waals surface area (Å²) in [5.74, 6) is 0.293. The highest BCUT2D eigenvalue weighted by atomic mass is 32.2. The van der Waals surface area contributed by atoms with Gasteiger partial charge in [0.1, 0.15) is 5.72 Å². The van der Waals surface area contributed by atoms with Crippen molar-refractivity contribution < 1.29 is 14.6 Å². The second kappa shape index (κ2) is 5.63. The molecule has 21 heavy (non-hydrogen) atoms. The van der Waals surface area contributed by atoms with Crippen LogP contribution in [0.2, 0.25) is 0 Å². The van der Waals surface area contributed by atoms with Crippen LogP contribution in [0.15, 0.2) is 35.2 Å². The number of rotatable bonds is 4. The van der Waals surface area contributed by atoms with E-state index in [1.165, 1.54) is 0 Å². The third-order valence-electron chi connectivity index (χ3n) is 4.30. The van der Waals surface area contributed by atoms with Gasteiger partial charge in [0.25, 0.3) is 0 Å². The summed E-state index contributed by atoms with van der Waals surface area (Å²) >= 11 is 1.60. The van der Waals surface area contributed by atoms with E-state index in [9.17, 15) is 9.90 Å². The van der Waals surface area contributed by atoms with Gasteiger partial charge in [0.05, 0.1) is 24.7 Å². The molecule has 4 nitrogen and oxygen atoms in total. The van der Waals surface area contributed by atoms with E-state index in [0.717, 1.165) is 11.3 Å². The van der Waals surface area contributed by atoms with Gasteiger partial charge in [-0.2, -0.15) is 0 Å². The molecule has 1 aromatic carbocycles. The van der Waals surface area contributed by atoms with Crippen molar-refractivity contribution in [2.45, 2.75) is 43.0 Å². The van der Waals surface area contributed by atoms with Gasteiger partial charge < -0.3 is 14.7 Å². The molecular formula is C16H21NO3S. The number of carbonyl (C=O) groups excluding carboxylic acids is 1. The van der Waals surface area contributed by atoms with Crippen LogP contribution in [-0.4, -0.2) is 46.1 Å². The van der Waals surface area contributed by atoms with Crippen LogP contribution in [0.25, 0.3) is 0 Å². The van der Waals surface area contributed by atoms with Gasteiger partial charge in [-0.3, -0.25) is 4.79 Å². The van der Waals surface area contributed by atoms with E-state index in [1.54, 1.807) is 16.7 Å². The number of hydrogen-bond acceptors (Lipinski definition) is 4. The monoisotopic (exact) mass is 307 g/mol. The average molecular weight is 307 g/mol. The minimum absolute atomic E-state index is 0.0193. The van der Waals surface area contributed by atoms with Gasteiger partial charge in [-0.25, -0.2) is 0 Å². The first-order valence-electron chi connectivity index (χ1n) is 7.34. The Hall–Kier alpha value is -1.04. The van der Waals surface area contributed by atoms with Gasteiger partial charge in [-0.15, -0.1) is 11.8 Å². The minimum atomic E-state index is -0.599. The maximum atomic E-state index is 12.3. The predicted molar refractivity (Wildman–Crippen MR) is 81.9 cm³/mol. The summed E-state index contributed by atoms with van der Waals surface area (Å²) < 4.78 is 5.65. The fourth-order valence-electron chi connectivity index (χ4n) is 3.26. The smallest absolute Gasteiger partial charge is 0.232 e. The highest BCUT2D eigenvalue weighted by Crippen LogP contribution is 2.42. The first-order valence-corrected chi connectivity index (χ1v) is 8.32. The van der Waals surface area contributed by atoms with Crippen molar-refractivity contribution in [3.8, 4) is 0 Å². The van der Waals surface area contributed by atoms with Gasteiger partial charge in [-0.05, 0) is 32.4 Å². The molecule has 0 radical (unpaired) electrons. The number of hydrogen-bond donors (Lipinski definition) is 1. The second-order valence-electron chi connectivity index (χ2n) is 6.08. The molecule has 0 aliphatic carbocycles. The van der Waals surface area contributed by atoms with Gasteiger partial charge in [0.15, 0.2) is 0 Å². The normalized spacial score (nSPS) is 28.7. The highest BCUT2D eigenvalue weighted by Gasteiger charge is 2.57. The average Bonchev–Trinajstić information content (AvgIpc) is 2.44. The quantitative estimate of drug-likeness (QED) is 0.684. The van der Waals surface area contributed by atoms with Crippen LogP contribution in [0.5, 0.6) is 0 Å². The predicted octanol–water partition coefficient (Wildman–Crippen LogP) is 2.12. The molecule has 2 aliphatic rings. The van der Waals surface area contributed by atoms with E-state index in [0.29, 0.717) is 12.4 Å². The Labute approximate surface area is 129 Å². The molecule has 1 aromatic rings. The van der Waals surface area contributed by atoms with Crippen LogP contribution in [0, 0.1) is 5.92 Å². The van der Waals surface area contributed by atoms with E-state index in [1.807, 2.05) is 44.2 Å². The minimum Gasteiger partial charge on any atom is -0.391 e. The van der Waals surface area contributed by atoms with Crippen molar-refractivity contribution in [2.24, 2.45) is 5.92 Å². The summed E-state index contributed by atoms with van der Waals surface area (Å²) in [5, 5.41) is 10.4. The molecule has 1 N–H and O–H groups in total. The van der Waals surface area contributed by atoms with Crippen LogP contribution >= 0.6 is 11.8 Å². The van der Waals surface area contributed by atoms with Crippen LogP contribution in [0.1, 0.15) is 20.3 Å². The lowest BCUT2D eigenvalue weighted by atomic mass is 9.78. The third-order valence-corrected chi connectivity index (χ3v) is 5.41. The Morgan fingerprint density at radius 1 is 1.43 bits per heavy atom. The number of ether oxygens (including phenoxy) is 1. The molecule has 0 unspecified atom stereocenters. The standard InChI is InChI=1S/C16H21NO3S/c1-16(2)17-12(8-9-20-16)14(15(17)19)13(18)10-21-11-6-4-3-5-7-11/h3-7,12-14,18H,8-10H2,1-2H3/t12-,13+,14-/m1/s1. The zero-order valence-corrected chi connectivity index (χ0v) is 13.2. The van der Waals surface area contributed by atoms with E-state index < -0.39 is 11.8 Å². The Morgan fingerprint density at radius 3 is 2.86 bits per heavy atom. The van der Waals surface area contributed by atoms with Crippen molar-refractivity contribution >= 4 is 17.7 Å². The van der Waals surface area contributed by atoms with Crippen molar-refractivity contribution in [3.63, 3.8) is 0 Å². The number of aliphatic hydroxyl groups excluding tert-OH is 1. The molecule has 1 amide bonds. The molecule has 0 saturated carbocycles. The summed E-state index contributed by atoms with van der Waals surface area (Å²) in [4.78, 5) is 15.2. The topological polar surface area (TPSA) is 49.8 Å². The number of benzene rings is 1. The molecule has 3 atom stereocenters. The molecule has 2 saturated heterocycles. The number of carbonyl (C=O) groups is 1. The zero-order chi connectivity index (χ0) is 15.0. The summed E-state index contributed by atoms with van der Waals surface area (Å²) in [6, 6.07) is 10.1. The highest BCUT2D eigenvalue weighted by molar-refractivity contribution is 7.99. The number of amides is 1. The summed E-state index contributed by atoms with van der Waals surface area (Å²) in [5.41, 5.74) is -0.539. The molecule has 0 aromatic heterocycles. The Balaban J connectivity index is 1.61. The van der Waals surface area contributed by atoms with Crippen LogP contribution < -0.4 is 0 Å². The molecule has 2 fully saturated rings. The largest absolute Gasteiger partial charge is 0.391 e. The number of nitrogens with zero attached hydrogens (tertiary/aromatic N) is 1. The molecule has 0 spiro atoms. The number of β-lactam (4-membered cyclic amide) rings is 1.